The van der Waals surface area contributed by atoms with Gasteiger partial charge in [-0.05, 0) is 47.9 Å². The molecule has 0 fully saturated rings. The molecule has 5 aromatic rings. The second kappa shape index (κ2) is 9.34. The maximum Gasteiger partial charge on any atom is 0.260 e. The summed E-state index contributed by atoms with van der Waals surface area (Å²) in [5.41, 5.74) is 3.19. The number of para-hydroxylation sites is 1. The Morgan fingerprint density at radius 1 is 0.939 bits per heavy atom. The number of fused-ring (bicyclic) bond motifs is 1. The van der Waals surface area contributed by atoms with Gasteiger partial charge >= 0.3 is 0 Å². The van der Waals surface area contributed by atoms with Gasteiger partial charge in [-0.15, -0.1) is 0 Å². The smallest absolute Gasteiger partial charge is 0.260 e. The summed E-state index contributed by atoms with van der Waals surface area (Å²) in [6.07, 6.45) is 4.35. The Labute approximate surface area is 194 Å². The van der Waals surface area contributed by atoms with E-state index < -0.39 is 0 Å². The van der Waals surface area contributed by atoms with Gasteiger partial charge in [0.2, 0.25) is 0 Å². The first-order valence-electron chi connectivity index (χ1n) is 10.6. The van der Waals surface area contributed by atoms with Crippen molar-refractivity contribution in [3.63, 3.8) is 0 Å². The molecule has 0 saturated heterocycles. The normalized spacial score (nSPS) is 11.1. The second-order valence-corrected chi connectivity index (χ2v) is 8.68. The van der Waals surface area contributed by atoms with Gasteiger partial charge < -0.3 is 0 Å². The molecule has 0 unspecified atom stereocenters. The van der Waals surface area contributed by atoms with Crippen LogP contribution in [0.25, 0.3) is 10.2 Å². The number of carbonyl (C=O) groups is 1. The lowest BCUT2D eigenvalue weighted by Crippen LogP contribution is -2.34. The van der Waals surface area contributed by atoms with E-state index in [9.17, 15) is 9.18 Å². The average molecular weight is 457 g/mol. The van der Waals surface area contributed by atoms with Gasteiger partial charge in [-0.3, -0.25) is 14.4 Å². The summed E-state index contributed by atoms with van der Waals surface area (Å²) in [5.74, 6) is -0.562. The number of aromatic nitrogens is 3. The van der Waals surface area contributed by atoms with Crippen LogP contribution in [0.3, 0.4) is 0 Å². The Bertz CT molecular complexity index is 1360. The molecule has 5 rings (SSSR count). The third-order valence-corrected chi connectivity index (χ3v) is 6.44. The van der Waals surface area contributed by atoms with E-state index in [1.165, 1.54) is 23.0 Å². The van der Waals surface area contributed by atoms with Gasteiger partial charge in [0, 0.05) is 24.5 Å². The molecular formula is C26H21FN4OS. The van der Waals surface area contributed by atoms with Crippen LogP contribution in [0.2, 0.25) is 0 Å². The lowest BCUT2D eigenvalue weighted by atomic mass is 10.0. The zero-order valence-corrected chi connectivity index (χ0v) is 18.6. The molecule has 2 aromatic heterocycles. The van der Waals surface area contributed by atoms with Crippen LogP contribution in [0.5, 0.6) is 0 Å². The minimum atomic E-state index is -0.389. The third-order valence-electron chi connectivity index (χ3n) is 5.40. The molecule has 0 spiro atoms. The molecule has 0 bridgehead atoms. The van der Waals surface area contributed by atoms with Gasteiger partial charge in [0.1, 0.15) is 11.3 Å². The highest BCUT2D eigenvalue weighted by Gasteiger charge is 2.22. The van der Waals surface area contributed by atoms with Crippen LogP contribution in [-0.4, -0.2) is 27.2 Å². The minimum Gasteiger partial charge on any atom is -0.282 e. The fourth-order valence-corrected chi connectivity index (χ4v) is 4.69. The number of halogens is 1. The van der Waals surface area contributed by atoms with E-state index in [1.807, 2.05) is 60.8 Å². The average Bonchev–Trinajstić information content (AvgIpc) is 3.51. The summed E-state index contributed by atoms with van der Waals surface area (Å²) >= 11 is 1.31. The van der Waals surface area contributed by atoms with E-state index in [0.717, 1.165) is 12.0 Å². The van der Waals surface area contributed by atoms with Crippen molar-refractivity contribution in [1.82, 2.24) is 14.8 Å². The largest absolute Gasteiger partial charge is 0.282 e. The number of nitrogens with zero attached hydrogens (tertiary/aromatic N) is 4. The first kappa shape index (κ1) is 21.0. The number of rotatable bonds is 7. The number of hydrogen-bond donors (Lipinski definition) is 0. The summed E-state index contributed by atoms with van der Waals surface area (Å²) in [5, 5.41) is 4.70. The molecular weight excluding hydrogens is 435 g/mol. The Kier molecular flexibility index (Phi) is 5.95. The van der Waals surface area contributed by atoms with E-state index in [-0.39, 0.29) is 17.2 Å². The number of thiazole rings is 1. The quantitative estimate of drug-likeness (QED) is 0.322. The summed E-state index contributed by atoms with van der Waals surface area (Å²) in [6, 6.07) is 24.5. The van der Waals surface area contributed by atoms with Gasteiger partial charge in [-0.25, -0.2) is 9.37 Å². The first-order valence-corrected chi connectivity index (χ1v) is 11.5. The number of anilines is 1. The molecule has 3 aromatic carbocycles. The second-order valence-electron chi connectivity index (χ2n) is 7.67. The fourth-order valence-electron chi connectivity index (χ4n) is 3.69. The van der Waals surface area contributed by atoms with Gasteiger partial charge in [0.05, 0.1) is 11.2 Å². The third kappa shape index (κ3) is 4.68. The number of hydrogen-bond acceptors (Lipinski definition) is 4. The van der Waals surface area contributed by atoms with Gasteiger partial charge in [-0.1, -0.05) is 59.9 Å². The predicted octanol–water partition coefficient (Wildman–Crippen LogP) is 5.57. The molecule has 33 heavy (non-hydrogen) atoms. The van der Waals surface area contributed by atoms with E-state index in [4.69, 9.17) is 0 Å². The van der Waals surface area contributed by atoms with Crippen molar-refractivity contribution in [2.24, 2.45) is 0 Å². The van der Waals surface area contributed by atoms with Gasteiger partial charge in [0.15, 0.2) is 5.13 Å². The topological polar surface area (TPSA) is 51.0 Å². The molecule has 7 heteroatoms. The highest BCUT2D eigenvalue weighted by Crippen LogP contribution is 2.31. The molecule has 0 saturated carbocycles. The van der Waals surface area contributed by atoms with Crippen molar-refractivity contribution in [2.75, 3.05) is 11.4 Å². The Morgan fingerprint density at radius 3 is 2.45 bits per heavy atom. The standard InChI is InChI=1S/C26H21FN4OS/c27-22-8-4-9-23-24(22)29-26(33-23)31(17-16-30-15-5-14-28-30)25(32)21-12-10-20(11-13-21)18-19-6-2-1-3-7-19/h1-15H,16-18H2. The molecule has 0 aliphatic rings. The summed E-state index contributed by atoms with van der Waals surface area (Å²) in [4.78, 5) is 19.6. The maximum absolute atomic E-state index is 14.2. The van der Waals surface area contributed by atoms with Crippen LogP contribution in [0.1, 0.15) is 21.5 Å². The van der Waals surface area contributed by atoms with E-state index in [1.54, 1.807) is 21.8 Å². The fraction of sp³-hybridized carbons (Fsp3) is 0.115. The molecule has 0 radical (unpaired) electrons. The SMILES string of the molecule is O=C(c1ccc(Cc2ccccc2)cc1)N(CCn1cccn1)c1nc2c(F)cccc2s1. The van der Waals surface area contributed by atoms with Crippen molar-refractivity contribution < 1.29 is 9.18 Å². The highest BCUT2D eigenvalue weighted by atomic mass is 32.1. The predicted molar refractivity (Wildman–Crippen MR) is 129 cm³/mol. The molecule has 2 heterocycles. The number of amides is 1. The molecule has 0 N–H and O–H groups in total. The van der Waals surface area contributed by atoms with E-state index in [2.05, 4.69) is 22.2 Å². The van der Waals surface area contributed by atoms with Crippen LogP contribution in [-0.2, 0) is 13.0 Å². The van der Waals surface area contributed by atoms with Crippen molar-refractivity contribution in [3.8, 4) is 0 Å². The lowest BCUT2D eigenvalue weighted by Gasteiger charge is -2.20. The van der Waals surface area contributed by atoms with E-state index >= 15 is 0 Å². The summed E-state index contributed by atoms with van der Waals surface area (Å²) in [6.45, 7) is 0.872. The Hall–Kier alpha value is -3.84. The van der Waals surface area contributed by atoms with Gasteiger partial charge in [-0.2, -0.15) is 5.10 Å². The lowest BCUT2D eigenvalue weighted by molar-refractivity contribution is 0.0986. The Balaban J connectivity index is 1.42. The van der Waals surface area contributed by atoms with Crippen molar-refractivity contribution >= 4 is 32.6 Å². The summed E-state index contributed by atoms with van der Waals surface area (Å²) < 4.78 is 16.7. The van der Waals surface area contributed by atoms with Crippen LogP contribution in [0, 0.1) is 5.82 Å². The van der Waals surface area contributed by atoms with Crippen molar-refractivity contribution in [2.45, 2.75) is 13.0 Å². The molecule has 0 aliphatic carbocycles. The highest BCUT2D eigenvalue weighted by molar-refractivity contribution is 7.22. The molecule has 0 atom stereocenters. The molecule has 5 nitrogen and oxygen atoms in total. The molecule has 1 amide bonds. The Morgan fingerprint density at radius 2 is 1.73 bits per heavy atom. The van der Waals surface area contributed by atoms with E-state index in [0.29, 0.717) is 28.5 Å². The van der Waals surface area contributed by atoms with Crippen molar-refractivity contribution in [1.29, 1.82) is 0 Å². The zero-order chi connectivity index (χ0) is 22.6. The van der Waals surface area contributed by atoms with Gasteiger partial charge in [0.25, 0.3) is 5.91 Å². The number of carbonyl (C=O) groups excluding carboxylic acids is 1. The van der Waals surface area contributed by atoms with Crippen LogP contribution < -0.4 is 4.90 Å². The monoisotopic (exact) mass is 456 g/mol. The van der Waals surface area contributed by atoms with Crippen LogP contribution >= 0.6 is 11.3 Å². The zero-order valence-electron chi connectivity index (χ0n) is 17.8. The molecule has 0 aliphatic heterocycles. The number of benzene rings is 3. The first-order chi connectivity index (χ1) is 16.2. The minimum absolute atomic E-state index is 0.173. The maximum atomic E-state index is 14.2. The molecule has 164 valence electrons. The van der Waals surface area contributed by atoms with Crippen LogP contribution in [0.4, 0.5) is 9.52 Å². The summed E-state index contributed by atoms with van der Waals surface area (Å²) in [7, 11) is 0. The van der Waals surface area contributed by atoms with Crippen LogP contribution in [0.15, 0.2) is 91.3 Å². The van der Waals surface area contributed by atoms with Crippen molar-refractivity contribution in [3.05, 3.63) is 114 Å².